The van der Waals surface area contributed by atoms with Crippen molar-refractivity contribution >= 4 is 23.9 Å². The maximum Gasteiger partial charge on any atom is 0.335 e. The molecule has 6 atom stereocenters. The third-order valence-corrected chi connectivity index (χ3v) is 13.5. The van der Waals surface area contributed by atoms with Gasteiger partial charge in [-0.25, -0.2) is 4.79 Å². The number of ether oxygens (including phenoxy) is 5. The van der Waals surface area contributed by atoms with Crippen molar-refractivity contribution in [1.82, 2.24) is 0 Å². The van der Waals surface area contributed by atoms with Crippen LogP contribution >= 0.6 is 0 Å². The lowest BCUT2D eigenvalue weighted by Crippen LogP contribution is -2.61. The van der Waals surface area contributed by atoms with Crippen molar-refractivity contribution < 1.29 is 58.2 Å². The van der Waals surface area contributed by atoms with Gasteiger partial charge in [-0.2, -0.15) is 0 Å². The second-order valence-electron chi connectivity index (χ2n) is 20.3. The number of carbonyl (C=O) groups is 4. The number of hydrogen-bond donors (Lipinski definition) is 3. The Hall–Kier alpha value is -2.80. The molecule has 12 nitrogen and oxygen atoms in total. The number of allylic oxidation sites excluding steroid dienone is 4. The summed E-state index contributed by atoms with van der Waals surface area (Å²) >= 11 is 0. The molecule has 0 spiro atoms. The number of carboxylic acid groups (broad SMARTS) is 1. The van der Waals surface area contributed by atoms with E-state index in [1.807, 2.05) is 0 Å². The van der Waals surface area contributed by atoms with Crippen molar-refractivity contribution in [2.45, 2.75) is 314 Å². The number of aliphatic carboxylic acids is 1. The van der Waals surface area contributed by atoms with Gasteiger partial charge in [0.1, 0.15) is 18.8 Å². The predicted octanol–water partition coefficient (Wildman–Crippen LogP) is 14.7. The topological polar surface area (TPSA) is 175 Å². The van der Waals surface area contributed by atoms with Crippen LogP contribution in [0.3, 0.4) is 0 Å². The minimum Gasteiger partial charge on any atom is -0.479 e. The first-order valence-corrected chi connectivity index (χ1v) is 29.3. The fraction of sp³-hybridized carbons (Fsp3) is 0.864. The Morgan fingerprint density at radius 1 is 0.451 bits per heavy atom. The van der Waals surface area contributed by atoms with Gasteiger partial charge in [-0.05, 0) is 70.6 Å². The third kappa shape index (κ3) is 38.4. The molecule has 1 rings (SSSR count). The lowest BCUT2D eigenvalue weighted by Gasteiger charge is -2.40. The smallest absolute Gasteiger partial charge is 0.335 e. The molecule has 0 aliphatic carbocycles. The Morgan fingerprint density at radius 3 is 1.21 bits per heavy atom. The van der Waals surface area contributed by atoms with Crippen LogP contribution in [0.15, 0.2) is 24.3 Å². The molecule has 3 N–H and O–H groups in total. The molecule has 0 aromatic carbocycles. The second-order valence-corrected chi connectivity index (χ2v) is 20.3. The van der Waals surface area contributed by atoms with Crippen LogP contribution in [0.4, 0.5) is 0 Å². The van der Waals surface area contributed by atoms with Crippen LogP contribution in [0.1, 0.15) is 278 Å². The number of hydrogen-bond acceptors (Lipinski definition) is 11. The summed E-state index contributed by atoms with van der Waals surface area (Å²) in [5.41, 5.74) is 0. The molecular formula is C59H106O12. The molecule has 414 valence electrons. The molecule has 0 bridgehead atoms. The van der Waals surface area contributed by atoms with Gasteiger partial charge in [0, 0.05) is 19.3 Å². The monoisotopic (exact) mass is 1010 g/mol. The van der Waals surface area contributed by atoms with Gasteiger partial charge in [0.25, 0.3) is 0 Å². The average molecular weight is 1010 g/mol. The summed E-state index contributed by atoms with van der Waals surface area (Å²) in [6.07, 6.45) is 41.5. The van der Waals surface area contributed by atoms with Crippen molar-refractivity contribution in [3.63, 3.8) is 0 Å². The molecule has 0 radical (unpaired) electrons. The molecule has 0 saturated carbocycles. The summed E-state index contributed by atoms with van der Waals surface area (Å²) < 4.78 is 28.4. The van der Waals surface area contributed by atoms with Gasteiger partial charge < -0.3 is 39.0 Å². The minimum absolute atomic E-state index is 0.0592. The first-order valence-electron chi connectivity index (χ1n) is 29.3. The van der Waals surface area contributed by atoms with Crippen molar-refractivity contribution in [3.8, 4) is 0 Å². The second kappa shape index (κ2) is 48.2. The minimum atomic E-state index is -1.90. The zero-order valence-electron chi connectivity index (χ0n) is 45.5. The SMILES string of the molecule is CCCCCC/C=C\CCCCCCCC(=O)OCC(COC1OC(C(=O)O)C(O)C(O)C1OC(=O)CCCCCCCCC/C=C\CCCCCCCC)OC(=O)CCCCCCCCCCCCC. The maximum absolute atomic E-state index is 13.1. The average Bonchev–Trinajstić information content (AvgIpc) is 3.35. The van der Waals surface area contributed by atoms with Crippen LogP contribution in [0.5, 0.6) is 0 Å². The summed E-state index contributed by atoms with van der Waals surface area (Å²) in [4.78, 5) is 51.0. The Labute approximate surface area is 432 Å². The fourth-order valence-corrected chi connectivity index (χ4v) is 8.95. The molecule has 1 heterocycles. The van der Waals surface area contributed by atoms with Gasteiger partial charge in [0.15, 0.2) is 24.6 Å². The fourth-order valence-electron chi connectivity index (χ4n) is 8.95. The highest BCUT2D eigenvalue weighted by Gasteiger charge is 2.50. The van der Waals surface area contributed by atoms with E-state index >= 15 is 0 Å². The molecule has 6 unspecified atom stereocenters. The number of aliphatic hydroxyl groups excluding tert-OH is 2. The molecule has 0 amide bonds. The lowest BCUT2D eigenvalue weighted by molar-refractivity contribution is -0.301. The van der Waals surface area contributed by atoms with E-state index in [-0.39, 0.29) is 25.9 Å². The number of unbranched alkanes of at least 4 members (excludes halogenated alkanes) is 32. The lowest BCUT2D eigenvalue weighted by atomic mass is 9.98. The van der Waals surface area contributed by atoms with Crippen LogP contribution in [-0.4, -0.2) is 89.2 Å². The van der Waals surface area contributed by atoms with Gasteiger partial charge in [0.2, 0.25) is 0 Å². The van der Waals surface area contributed by atoms with Crippen LogP contribution in [0.2, 0.25) is 0 Å². The van der Waals surface area contributed by atoms with Crippen molar-refractivity contribution in [1.29, 1.82) is 0 Å². The Morgan fingerprint density at radius 2 is 0.803 bits per heavy atom. The molecule has 1 aliphatic heterocycles. The van der Waals surface area contributed by atoms with Crippen LogP contribution in [0, 0.1) is 0 Å². The molecule has 1 fully saturated rings. The van der Waals surface area contributed by atoms with E-state index in [0.29, 0.717) is 19.3 Å². The molecule has 1 saturated heterocycles. The molecular weight excluding hydrogens is 901 g/mol. The third-order valence-electron chi connectivity index (χ3n) is 13.5. The van der Waals surface area contributed by atoms with E-state index in [1.165, 1.54) is 128 Å². The van der Waals surface area contributed by atoms with E-state index in [9.17, 15) is 34.5 Å². The van der Waals surface area contributed by atoms with E-state index < -0.39 is 67.3 Å². The molecule has 1 aliphatic rings. The Balaban J connectivity index is 2.67. The molecule has 12 heteroatoms. The predicted molar refractivity (Wildman–Crippen MR) is 285 cm³/mol. The molecule has 0 aromatic heterocycles. The normalized spacial score (nSPS) is 18.6. The highest BCUT2D eigenvalue weighted by atomic mass is 16.7. The summed E-state index contributed by atoms with van der Waals surface area (Å²) in [5.74, 6) is -3.11. The Kier molecular flexibility index (Phi) is 44.9. The molecule has 0 aromatic rings. The Bertz CT molecular complexity index is 1340. The van der Waals surface area contributed by atoms with E-state index in [0.717, 1.165) is 89.9 Å². The van der Waals surface area contributed by atoms with Gasteiger partial charge in [-0.1, -0.05) is 212 Å². The van der Waals surface area contributed by atoms with Gasteiger partial charge in [-0.15, -0.1) is 0 Å². The van der Waals surface area contributed by atoms with Crippen molar-refractivity contribution in [2.24, 2.45) is 0 Å². The summed E-state index contributed by atoms with van der Waals surface area (Å²) in [5, 5.41) is 31.4. The van der Waals surface area contributed by atoms with Gasteiger partial charge in [0.05, 0.1) is 6.61 Å². The standard InChI is InChI=1S/C59H106O12/c1-4-7-10-13-16-19-22-24-25-26-27-29-32-35-38-41-44-47-53(62)70-57-55(64)54(63)56(58(65)66)71-59(57)68-49-50(69-52(61)46-43-40-37-34-30-21-18-15-12-9-6-3)48-67-51(60)45-42-39-36-33-31-28-23-20-17-14-11-8-5-2/h20,23-25,50,54-57,59,63-64H,4-19,21-22,26-49H2,1-3H3,(H,65,66)/b23-20-,25-24-. The van der Waals surface area contributed by atoms with E-state index in [1.54, 1.807) is 0 Å². The highest BCUT2D eigenvalue weighted by molar-refractivity contribution is 5.74. The summed E-state index contributed by atoms with van der Waals surface area (Å²) in [6.45, 7) is 5.97. The molecule has 71 heavy (non-hydrogen) atoms. The summed E-state index contributed by atoms with van der Waals surface area (Å²) in [7, 11) is 0. The van der Waals surface area contributed by atoms with Gasteiger partial charge >= 0.3 is 23.9 Å². The first kappa shape index (κ1) is 66.2. The van der Waals surface area contributed by atoms with E-state index in [2.05, 4.69) is 45.1 Å². The first-order chi connectivity index (χ1) is 34.6. The quantitative estimate of drug-likeness (QED) is 0.0228. The van der Waals surface area contributed by atoms with E-state index in [4.69, 9.17) is 23.7 Å². The highest BCUT2D eigenvalue weighted by Crippen LogP contribution is 2.26. The zero-order chi connectivity index (χ0) is 51.8. The number of esters is 3. The van der Waals surface area contributed by atoms with Crippen molar-refractivity contribution in [3.05, 3.63) is 24.3 Å². The zero-order valence-corrected chi connectivity index (χ0v) is 45.5. The maximum atomic E-state index is 13.1. The van der Waals surface area contributed by atoms with Crippen LogP contribution in [-0.2, 0) is 42.9 Å². The van der Waals surface area contributed by atoms with Crippen molar-refractivity contribution in [2.75, 3.05) is 13.2 Å². The number of carbonyl (C=O) groups excluding carboxylic acids is 3. The number of aliphatic hydroxyl groups is 2. The largest absolute Gasteiger partial charge is 0.479 e. The van der Waals surface area contributed by atoms with Crippen LogP contribution < -0.4 is 0 Å². The summed E-state index contributed by atoms with van der Waals surface area (Å²) in [6, 6.07) is 0. The number of carboxylic acids is 1. The van der Waals surface area contributed by atoms with Gasteiger partial charge in [-0.3, -0.25) is 14.4 Å². The number of rotatable bonds is 50. The van der Waals surface area contributed by atoms with Crippen LogP contribution in [0.25, 0.3) is 0 Å².